The molecule has 3 aromatic carbocycles. The molecule has 39 heavy (non-hydrogen) atoms. The molecule has 0 aliphatic carbocycles. The van der Waals surface area contributed by atoms with Gasteiger partial charge in [0.15, 0.2) is 5.11 Å². The minimum absolute atomic E-state index is 0.0700. The number of aromatic nitrogens is 2. The molecule has 5 aromatic rings. The zero-order valence-electron chi connectivity index (χ0n) is 21.0. The van der Waals surface area contributed by atoms with Crippen molar-refractivity contribution >= 4 is 51.3 Å². The van der Waals surface area contributed by atoms with Crippen LogP contribution in [0.25, 0.3) is 16.5 Å². The third kappa shape index (κ3) is 5.11. The number of nitrogens with zero attached hydrogens (tertiary/aromatic N) is 3. The number of hydrogen-bond acceptors (Lipinski definition) is 3. The average molecular weight is 552 g/mol. The van der Waals surface area contributed by atoms with Gasteiger partial charge in [0.05, 0.1) is 17.8 Å². The molecule has 6 nitrogen and oxygen atoms in total. The lowest BCUT2D eigenvalue weighted by molar-refractivity contribution is -0.116. The Morgan fingerprint density at radius 2 is 1.79 bits per heavy atom. The number of pyridine rings is 1. The molecule has 0 bridgehead atoms. The van der Waals surface area contributed by atoms with Crippen LogP contribution in [0.2, 0.25) is 5.02 Å². The Hall–Kier alpha value is -4.20. The summed E-state index contributed by atoms with van der Waals surface area (Å²) in [4.78, 5) is 19.9. The first-order chi connectivity index (χ1) is 19.1. The fourth-order valence-electron chi connectivity index (χ4n) is 5.23. The van der Waals surface area contributed by atoms with Gasteiger partial charge in [-0.2, -0.15) is 0 Å². The van der Waals surface area contributed by atoms with Gasteiger partial charge in [0.2, 0.25) is 5.91 Å². The molecule has 1 amide bonds. The second kappa shape index (κ2) is 10.9. The lowest BCUT2D eigenvalue weighted by Crippen LogP contribution is -2.33. The van der Waals surface area contributed by atoms with Crippen molar-refractivity contribution in [1.29, 1.82) is 0 Å². The van der Waals surface area contributed by atoms with Gasteiger partial charge in [-0.05, 0) is 66.1 Å². The number of thiocarbonyl (C=S) groups is 1. The third-order valence-electron chi connectivity index (χ3n) is 7.01. The van der Waals surface area contributed by atoms with E-state index in [0.29, 0.717) is 16.7 Å². The molecular weight excluding hydrogens is 526 g/mol. The van der Waals surface area contributed by atoms with Crippen LogP contribution >= 0.6 is 23.8 Å². The van der Waals surface area contributed by atoms with Gasteiger partial charge >= 0.3 is 0 Å². The number of amides is 1. The van der Waals surface area contributed by atoms with Crippen molar-refractivity contribution in [3.8, 4) is 5.69 Å². The quantitative estimate of drug-likeness (QED) is 0.221. The smallest absolute Gasteiger partial charge is 0.226 e. The maximum Gasteiger partial charge on any atom is 0.226 e. The molecular formula is C31H26ClN5OS. The second-order valence-corrected chi connectivity index (χ2v) is 10.3. The van der Waals surface area contributed by atoms with Crippen LogP contribution < -0.4 is 10.6 Å². The number of rotatable bonds is 7. The number of carbonyl (C=O) groups is 1. The minimum atomic E-state index is -0.188. The van der Waals surface area contributed by atoms with Crippen LogP contribution in [-0.2, 0) is 4.79 Å². The molecule has 0 saturated carbocycles. The van der Waals surface area contributed by atoms with Crippen molar-refractivity contribution in [2.45, 2.75) is 18.5 Å². The van der Waals surface area contributed by atoms with E-state index >= 15 is 0 Å². The van der Waals surface area contributed by atoms with Crippen LogP contribution in [0.3, 0.4) is 0 Å². The van der Waals surface area contributed by atoms with Gasteiger partial charge in [0.25, 0.3) is 0 Å². The van der Waals surface area contributed by atoms with Crippen LogP contribution in [0.15, 0.2) is 109 Å². The molecule has 0 unspecified atom stereocenters. The number of hydrogen-bond donors (Lipinski definition) is 2. The normalized spacial score (nSPS) is 16.8. The molecule has 1 aliphatic rings. The molecule has 2 N–H and O–H groups in total. The zero-order valence-corrected chi connectivity index (χ0v) is 22.6. The molecule has 8 heteroatoms. The monoisotopic (exact) mass is 551 g/mol. The van der Waals surface area contributed by atoms with Crippen LogP contribution in [0.1, 0.15) is 29.9 Å². The lowest BCUT2D eigenvalue weighted by Gasteiger charge is -2.29. The van der Waals surface area contributed by atoms with Crippen molar-refractivity contribution in [3.63, 3.8) is 0 Å². The number of benzene rings is 3. The van der Waals surface area contributed by atoms with Crippen molar-refractivity contribution in [2.75, 3.05) is 11.9 Å². The Morgan fingerprint density at radius 3 is 2.64 bits per heavy atom. The third-order valence-corrected chi connectivity index (χ3v) is 7.60. The number of halogens is 1. The maximum absolute atomic E-state index is 13.2. The average Bonchev–Trinajstić information content (AvgIpc) is 3.57. The molecule has 194 valence electrons. The summed E-state index contributed by atoms with van der Waals surface area (Å²) in [6.45, 7) is 0.442. The predicted octanol–water partition coefficient (Wildman–Crippen LogP) is 6.68. The van der Waals surface area contributed by atoms with Crippen molar-refractivity contribution < 1.29 is 4.79 Å². The summed E-state index contributed by atoms with van der Waals surface area (Å²) >= 11 is 12.1. The first kappa shape index (κ1) is 25.1. The van der Waals surface area contributed by atoms with E-state index in [9.17, 15) is 4.79 Å². The van der Waals surface area contributed by atoms with Gasteiger partial charge in [0.1, 0.15) is 0 Å². The Morgan fingerprint density at radius 1 is 0.974 bits per heavy atom. The topological polar surface area (TPSA) is 62.2 Å². The zero-order chi connectivity index (χ0) is 26.8. The van der Waals surface area contributed by atoms with Gasteiger partial charge in [-0.1, -0.05) is 60.1 Å². The summed E-state index contributed by atoms with van der Waals surface area (Å²) in [7, 11) is 0. The molecule has 6 rings (SSSR count). The molecule has 0 spiro atoms. The van der Waals surface area contributed by atoms with E-state index in [2.05, 4.69) is 31.2 Å². The van der Waals surface area contributed by atoms with Crippen LogP contribution in [0.5, 0.6) is 0 Å². The molecule has 3 heterocycles. The van der Waals surface area contributed by atoms with Crippen molar-refractivity contribution in [3.05, 3.63) is 126 Å². The number of anilines is 1. The summed E-state index contributed by atoms with van der Waals surface area (Å²) in [5.41, 5.74) is 3.66. The summed E-state index contributed by atoms with van der Waals surface area (Å²) in [5, 5.41) is 9.92. The highest BCUT2D eigenvalue weighted by Crippen LogP contribution is 2.39. The summed E-state index contributed by atoms with van der Waals surface area (Å²) < 4.78 is 2.12. The second-order valence-electron chi connectivity index (χ2n) is 9.43. The van der Waals surface area contributed by atoms with Gasteiger partial charge < -0.3 is 20.1 Å². The molecule has 1 saturated heterocycles. The fourth-order valence-corrected chi connectivity index (χ4v) is 5.75. The van der Waals surface area contributed by atoms with Gasteiger partial charge in [-0.15, -0.1) is 0 Å². The van der Waals surface area contributed by atoms with Gasteiger partial charge in [-0.3, -0.25) is 9.78 Å². The highest BCUT2D eigenvalue weighted by molar-refractivity contribution is 7.80. The number of carbonyl (C=O) groups excluding carboxylic acids is 1. The van der Waals surface area contributed by atoms with Crippen molar-refractivity contribution in [1.82, 2.24) is 19.8 Å². The van der Waals surface area contributed by atoms with E-state index in [4.69, 9.17) is 23.8 Å². The van der Waals surface area contributed by atoms with E-state index in [1.807, 2.05) is 97.2 Å². The summed E-state index contributed by atoms with van der Waals surface area (Å²) in [6, 6.07) is 31.3. The summed E-state index contributed by atoms with van der Waals surface area (Å²) in [6.07, 6.45) is 4.07. The fraction of sp³-hybridized carbons (Fsp3) is 0.129. The van der Waals surface area contributed by atoms with E-state index in [0.717, 1.165) is 33.5 Å². The van der Waals surface area contributed by atoms with Crippen LogP contribution in [0.4, 0.5) is 5.69 Å². The standard InChI is InChI=1S/C31H26ClN5OS/c32-22-10-6-11-23(20-22)36-18-7-15-27(36)30-29(26-13-3-4-17-33-26)35-31(39)37(30)19-16-28(38)34-25-14-5-9-21-8-1-2-12-24(21)25/h1-15,17-18,20,29-30H,16,19H2,(H,34,38)(H,35,39)/t29-,30-/m1/s1. The Bertz CT molecular complexity index is 1650. The van der Waals surface area contributed by atoms with Gasteiger partial charge in [-0.25, -0.2) is 0 Å². The molecule has 2 atom stereocenters. The lowest BCUT2D eigenvalue weighted by atomic mass is 10.0. The predicted molar refractivity (Wildman–Crippen MR) is 160 cm³/mol. The Balaban J connectivity index is 1.29. The summed E-state index contributed by atoms with van der Waals surface area (Å²) in [5.74, 6) is -0.0700. The first-order valence-corrected chi connectivity index (χ1v) is 13.6. The van der Waals surface area contributed by atoms with E-state index in [1.54, 1.807) is 6.20 Å². The molecule has 1 aliphatic heterocycles. The van der Waals surface area contributed by atoms with Gasteiger partial charge in [0, 0.05) is 52.8 Å². The first-order valence-electron chi connectivity index (χ1n) is 12.8. The molecule has 1 fully saturated rings. The maximum atomic E-state index is 13.2. The Labute approximate surface area is 237 Å². The van der Waals surface area contributed by atoms with E-state index in [-0.39, 0.29) is 24.4 Å². The van der Waals surface area contributed by atoms with Crippen molar-refractivity contribution in [2.24, 2.45) is 0 Å². The number of nitrogens with one attached hydrogen (secondary N) is 2. The Kier molecular flexibility index (Phi) is 7.00. The minimum Gasteiger partial charge on any atom is -0.352 e. The molecule has 0 radical (unpaired) electrons. The number of fused-ring (bicyclic) bond motifs is 1. The molecule has 2 aromatic heterocycles. The highest BCUT2D eigenvalue weighted by atomic mass is 35.5. The SMILES string of the molecule is O=C(CCN1C(=S)N[C@H](c2ccccn2)[C@H]1c1cccn1-c1cccc(Cl)c1)Nc1cccc2ccccc12. The highest BCUT2D eigenvalue weighted by Gasteiger charge is 2.41. The van der Waals surface area contributed by atoms with Crippen LogP contribution in [0, 0.1) is 0 Å². The van der Waals surface area contributed by atoms with E-state index in [1.165, 1.54) is 0 Å². The largest absolute Gasteiger partial charge is 0.352 e. The van der Waals surface area contributed by atoms with E-state index < -0.39 is 0 Å². The van der Waals surface area contributed by atoms with Crippen LogP contribution in [-0.4, -0.2) is 32.0 Å².